The van der Waals surface area contributed by atoms with E-state index in [0.717, 1.165) is 29.4 Å². The van der Waals surface area contributed by atoms with Gasteiger partial charge in [0.15, 0.2) is 25.0 Å². The third kappa shape index (κ3) is 11.3. The molecule has 0 aliphatic carbocycles. The number of ether oxygens (including phenoxy) is 3. The molecular formula is C40H76O7Si3. The first-order valence-corrected chi connectivity index (χ1v) is 27.5. The van der Waals surface area contributed by atoms with E-state index in [4.69, 9.17) is 27.5 Å². The largest absolute Gasteiger partial charge is 0.497 e. The number of aliphatic hydroxyl groups excluding tert-OH is 1. The Kier molecular flexibility index (Phi) is 16.3. The fourth-order valence-electron chi connectivity index (χ4n) is 6.28. The van der Waals surface area contributed by atoms with Crippen LogP contribution >= 0.6 is 0 Å². The number of aliphatic hydroxyl groups is 1. The van der Waals surface area contributed by atoms with Gasteiger partial charge in [0.25, 0.3) is 0 Å². The Labute approximate surface area is 310 Å². The second-order valence-corrected chi connectivity index (χ2v) is 32.4. The number of benzene rings is 1. The Morgan fingerprint density at radius 1 is 0.880 bits per heavy atom. The van der Waals surface area contributed by atoms with Crippen LogP contribution in [0.25, 0.3) is 0 Å². The van der Waals surface area contributed by atoms with E-state index in [1.54, 1.807) is 7.11 Å². The zero-order valence-corrected chi connectivity index (χ0v) is 37.9. The van der Waals surface area contributed by atoms with Gasteiger partial charge in [0.2, 0.25) is 0 Å². The number of methoxy groups -OCH3 is 1. The molecule has 1 N–H and O–H groups in total. The first-order valence-electron chi connectivity index (χ1n) is 19.1. The van der Waals surface area contributed by atoms with Gasteiger partial charge in [0.1, 0.15) is 11.4 Å². The summed E-state index contributed by atoms with van der Waals surface area (Å²) in [5.74, 6) is 0.329. The molecule has 0 amide bonds. The summed E-state index contributed by atoms with van der Waals surface area (Å²) in [6.07, 6.45) is 0.615. The fraction of sp³-hybridized carbons (Fsp3) is 0.800. The molecule has 7 atom stereocenters. The highest BCUT2D eigenvalue weighted by molar-refractivity contribution is 6.74. The summed E-state index contributed by atoms with van der Waals surface area (Å²) in [4.78, 5) is 0. The van der Waals surface area contributed by atoms with E-state index in [1.165, 1.54) is 0 Å². The molecule has 290 valence electrons. The molecule has 0 bridgehead atoms. The predicted molar refractivity (Wildman–Crippen MR) is 217 cm³/mol. The maximum absolute atomic E-state index is 12.5. The topological polar surface area (TPSA) is 78.9 Å². The molecule has 1 aromatic rings. The Balaban J connectivity index is 2.49. The third-order valence-electron chi connectivity index (χ3n) is 12.5. The van der Waals surface area contributed by atoms with Crippen LogP contribution in [-0.2, 0) is 29.4 Å². The molecule has 0 aromatic heterocycles. The number of hydrogen-bond acceptors (Lipinski definition) is 7. The van der Waals surface area contributed by atoms with Gasteiger partial charge in [-0.25, -0.2) is 0 Å². The predicted octanol–water partition coefficient (Wildman–Crippen LogP) is 10.2. The van der Waals surface area contributed by atoms with Crippen molar-refractivity contribution in [1.82, 2.24) is 0 Å². The summed E-state index contributed by atoms with van der Waals surface area (Å²) in [6, 6.07) is 11.2. The summed E-state index contributed by atoms with van der Waals surface area (Å²) < 4.78 is 39.4. The molecule has 0 spiro atoms. The minimum atomic E-state index is -2.34. The first-order chi connectivity index (χ1) is 23.0. The molecule has 7 nitrogen and oxygen atoms in total. The van der Waals surface area contributed by atoms with Crippen LogP contribution in [-0.4, -0.2) is 80.9 Å². The van der Waals surface area contributed by atoms with Crippen molar-refractivity contribution in [3.8, 4) is 5.75 Å². The molecule has 50 heavy (non-hydrogen) atoms. The van der Waals surface area contributed by atoms with Crippen molar-refractivity contribution < 1.29 is 32.6 Å². The average molecular weight is 753 g/mol. The van der Waals surface area contributed by atoms with Crippen LogP contribution in [0.1, 0.15) is 81.7 Å². The molecule has 1 aromatic carbocycles. The van der Waals surface area contributed by atoms with E-state index in [2.05, 4.69) is 109 Å². The first kappa shape index (κ1) is 45.3. The molecule has 0 unspecified atom stereocenters. The smallest absolute Gasteiger partial charge is 0.192 e. The van der Waals surface area contributed by atoms with Gasteiger partial charge in [-0.1, -0.05) is 87.4 Å². The Bertz CT molecular complexity index is 1160. The van der Waals surface area contributed by atoms with Gasteiger partial charge in [-0.15, -0.1) is 6.58 Å². The lowest BCUT2D eigenvalue weighted by Gasteiger charge is -2.46. The van der Waals surface area contributed by atoms with Crippen molar-refractivity contribution >= 4 is 25.0 Å². The number of epoxide rings is 1. The van der Waals surface area contributed by atoms with Crippen LogP contribution in [0.5, 0.6) is 5.75 Å². The molecule has 1 aliphatic heterocycles. The van der Waals surface area contributed by atoms with Crippen molar-refractivity contribution in [3.63, 3.8) is 0 Å². The van der Waals surface area contributed by atoms with E-state index in [-0.39, 0.29) is 33.9 Å². The summed E-state index contributed by atoms with van der Waals surface area (Å²) in [7, 11) is -4.72. The van der Waals surface area contributed by atoms with Crippen molar-refractivity contribution in [3.05, 3.63) is 42.5 Å². The molecular weight excluding hydrogens is 677 g/mol. The van der Waals surface area contributed by atoms with Crippen LogP contribution < -0.4 is 4.74 Å². The normalized spacial score (nSPS) is 22.1. The SMILES string of the molecule is C=C[C@@H](CO[Si](CC)(CC)CC)[C@@H](O)[C@H](CO[Si](C)(C)C(C)(C)C)[C@H](O[Si](C)(C)C(C)(C)C)[C@@]1(C)O[C@@H]1[C@@H](C)COCc1ccc(OC)cc1. The lowest BCUT2D eigenvalue weighted by atomic mass is 9.80. The van der Waals surface area contributed by atoms with Gasteiger partial charge in [-0.3, -0.25) is 0 Å². The van der Waals surface area contributed by atoms with Gasteiger partial charge < -0.3 is 32.6 Å². The quantitative estimate of drug-likeness (QED) is 0.0718. The fourth-order valence-corrected chi connectivity index (χ4v) is 11.4. The Morgan fingerprint density at radius 2 is 1.42 bits per heavy atom. The Hall–Kier alpha value is -0.829. The standard InChI is InChI=1S/C40H76O7Si3/c1-18-32(28-45-50(19-2,20-3)21-4)35(41)34(29-44-48(14,15)38(6,7)8)37(47-49(16,17)39(9,10)11)40(12)36(46-40)30(5)26-43-27-31-22-24-33(42-13)25-23-31/h18,22-25,30,32,34-37,41H,1,19-21,26-29H2,2-17H3/t30-,32-,34-,35+,36+,37-,40-/m0/s1. The summed E-state index contributed by atoms with van der Waals surface area (Å²) in [6.45, 7) is 39.9. The second-order valence-electron chi connectivity index (χ2n) is 18.0. The highest BCUT2D eigenvalue weighted by Crippen LogP contribution is 2.51. The van der Waals surface area contributed by atoms with Crippen molar-refractivity contribution in [2.24, 2.45) is 17.8 Å². The van der Waals surface area contributed by atoms with Gasteiger partial charge >= 0.3 is 0 Å². The minimum Gasteiger partial charge on any atom is -0.497 e. The zero-order valence-electron chi connectivity index (χ0n) is 34.9. The van der Waals surface area contributed by atoms with Gasteiger partial charge in [0, 0.05) is 31.0 Å². The third-order valence-corrected chi connectivity index (χ3v) is 26.1. The van der Waals surface area contributed by atoms with Crippen molar-refractivity contribution in [2.75, 3.05) is 26.9 Å². The van der Waals surface area contributed by atoms with E-state index in [9.17, 15) is 5.11 Å². The maximum Gasteiger partial charge on any atom is 0.192 e. The van der Waals surface area contributed by atoms with E-state index in [1.807, 2.05) is 30.3 Å². The van der Waals surface area contributed by atoms with Crippen LogP contribution in [0.3, 0.4) is 0 Å². The minimum absolute atomic E-state index is 0.0199. The zero-order chi connectivity index (χ0) is 38.3. The highest BCUT2D eigenvalue weighted by atomic mass is 28.4. The second kappa shape index (κ2) is 18.0. The van der Waals surface area contributed by atoms with Crippen LogP contribution in [0.4, 0.5) is 0 Å². The summed E-state index contributed by atoms with van der Waals surface area (Å²) in [5, 5.41) is 12.5. The van der Waals surface area contributed by atoms with E-state index >= 15 is 0 Å². The molecule has 1 heterocycles. The van der Waals surface area contributed by atoms with Crippen LogP contribution in [0.15, 0.2) is 36.9 Å². The highest BCUT2D eigenvalue weighted by Gasteiger charge is 2.64. The number of rotatable bonds is 22. The van der Waals surface area contributed by atoms with Gasteiger partial charge in [0.05, 0.1) is 38.6 Å². The van der Waals surface area contributed by atoms with Crippen molar-refractivity contribution in [1.29, 1.82) is 0 Å². The van der Waals surface area contributed by atoms with E-state index < -0.39 is 42.8 Å². The van der Waals surface area contributed by atoms with Crippen LogP contribution in [0, 0.1) is 17.8 Å². The molecule has 1 fully saturated rings. The van der Waals surface area contributed by atoms with Crippen molar-refractivity contribution in [2.45, 2.75) is 161 Å². The molecule has 1 saturated heterocycles. The molecule has 0 radical (unpaired) electrons. The number of hydrogen-bond donors (Lipinski definition) is 1. The molecule has 2 rings (SSSR count). The summed E-state index contributed by atoms with van der Waals surface area (Å²) >= 11 is 0. The van der Waals surface area contributed by atoms with Gasteiger partial charge in [-0.2, -0.15) is 0 Å². The molecule has 10 heteroatoms. The van der Waals surface area contributed by atoms with E-state index in [0.29, 0.717) is 26.4 Å². The average Bonchev–Trinajstić information content (AvgIpc) is 3.74. The Morgan fingerprint density at radius 3 is 1.88 bits per heavy atom. The summed E-state index contributed by atoms with van der Waals surface area (Å²) in [5.41, 5.74) is 0.476. The van der Waals surface area contributed by atoms with Gasteiger partial charge in [-0.05, 0) is 79.0 Å². The maximum atomic E-state index is 12.5. The molecule has 1 aliphatic rings. The lowest BCUT2D eigenvalue weighted by molar-refractivity contribution is -0.0589. The molecule has 0 saturated carbocycles. The lowest BCUT2D eigenvalue weighted by Crippen LogP contribution is -2.56. The monoisotopic (exact) mass is 752 g/mol. The van der Waals surface area contributed by atoms with Crippen LogP contribution in [0.2, 0.25) is 54.4 Å².